The van der Waals surface area contributed by atoms with Crippen molar-refractivity contribution in [2.45, 2.75) is 25.9 Å². The molecule has 0 aliphatic carbocycles. The molecule has 2 rings (SSSR count). The summed E-state index contributed by atoms with van der Waals surface area (Å²) in [5, 5.41) is 2.91. The molecule has 0 saturated carbocycles. The number of alkyl halides is 3. The van der Waals surface area contributed by atoms with E-state index in [4.69, 9.17) is 0 Å². The SMILES string of the molecule is CNc1ccc(C(F)(F)F)nc1N1CCC(C)CC1. The van der Waals surface area contributed by atoms with Gasteiger partial charge in [0.15, 0.2) is 5.82 Å². The first kappa shape index (κ1) is 14.0. The summed E-state index contributed by atoms with van der Waals surface area (Å²) >= 11 is 0. The molecule has 0 aromatic carbocycles. The van der Waals surface area contributed by atoms with Gasteiger partial charge in [0.2, 0.25) is 0 Å². The van der Waals surface area contributed by atoms with Gasteiger partial charge in [0.05, 0.1) is 5.69 Å². The maximum atomic E-state index is 12.7. The fourth-order valence-corrected chi connectivity index (χ4v) is 2.26. The van der Waals surface area contributed by atoms with E-state index < -0.39 is 11.9 Å². The molecule has 1 saturated heterocycles. The summed E-state index contributed by atoms with van der Waals surface area (Å²) in [5.41, 5.74) is -0.192. The van der Waals surface area contributed by atoms with Crippen LogP contribution in [0.1, 0.15) is 25.5 Å². The number of pyridine rings is 1. The van der Waals surface area contributed by atoms with Crippen LogP contribution in [0.15, 0.2) is 12.1 Å². The monoisotopic (exact) mass is 273 g/mol. The van der Waals surface area contributed by atoms with Gasteiger partial charge in [-0.3, -0.25) is 0 Å². The summed E-state index contributed by atoms with van der Waals surface area (Å²) in [4.78, 5) is 5.73. The van der Waals surface area contributed by atoms with Crippen LogP contribution in [0.2, 0.25) is 0 Å². The first-order valence-corrected chi connectivity index (χ1v) is 6.42. The third kappa shape index (κ3) is 3.11. The van der Waals surface area contributed by atoms with Crippen LogP contribution in [0.4, 0.5) is 24.7 Å². The molecule has 0 amide bonds. The highest BCUT2D eigenvalue weighted by Crippen LogP contribution is 2.33. The van der Waals surface area contributed by atoms with Gasteiger partial charge in [-0.25, -0.2) is 4.98 Å². The standard InChI is InChI=1S/C13H18F3N3/c1-9-5-7-19(8-6-9)12-10(17-2)3-4-11(18-12)13(14,15)16/h3-4,9,17H,5-8H2,1-2H3. The van der Waals surface area contributed by atoms with Crippen LogP contribution in [0, 0.1) is 5.92 Å². The van der Waals surface area contributed by atoms with Gasteiger partial charge in [-0.05, 0) is 30.9 Å². The third-order valence-electron chi connectivity index (χ3n) is 3.52. The zero-order valence-electron chi connectivity index (χ0n) is 11.1. The Hall–Kier alpha value is -1.46. The molecule has 1 aromatic rings. The first-order chi connectivity index (χ1) is 8.91. The Morgan fingerprint density at radius 3 is 2.42 bits per heavy atom. The second-order valence-electron chi connectivity index (χ2n) is 4.98. The van der Waals surface area contributed by atoms with E-state index in [1.54, 1.807) is 7.05 Å². The summed E-state index contributed by atoms with van der Waals surface area (Å²) in [6, 6.07) is 2.46. The average Bonchev–Trinajstić information content (AvgIpc) is 2.38. The molecule has 0 unspecified atom stereocenters. The zero-order valence-corrected chi connectivity index (χ0v) is 11.1. The molecule has 2 heterocycles. The number of nitrogens with one attached hydrogen (secondary N) is 1. The normalized spacial score (nSPS) is 17.6. The molecule has 1 aliphatic heterocycles. The van der Waals surface area contributed by atoms with Crippen molar-refractivity contribution in [3.8, 4) is 0 Å². The van der Waals surface area contributed by atoms with Crippen molar-refractivity contribution < 1.29 is 13.2 Å². The van der Waals surface area contributed by atoms with Crippen molar-refractivity contribution in [2.24, 2.45) is 5.92 Å². The molecule has 0 bridgehead atoms. The van der Waals surface area contributed by atoms with Gasteiger partial charge >= 0.3 is 6.18 Å². The van der Waals surface area contributed by atoms with E-state index in [1.807, 2.05) is 4.90 Å². The fraction of sp³-hybridized carbons (Fsp3) is 0.615. The van der Waals surface area contributed by atoms with Crippen molar-refractivity contribution >= 4 is 11.5 Å². The predicted octanol–water partition coefficient (Wildman–Crippen LogP) is 3.38. The fourth-order valence-electron chi connectivity index (χ4n) is 2.26. The lowest BCUT2D eigenvalue weighted by Gasteiger charge is -2.32. The smallest absolute Gasteiger partial charge is 0.385 e. The number of hydrogen-bond donors (Lipinski definition) is 1. The van der Waals surface area contributed by atoms with Gasteiger partial charge < -0.3 is 10.2 Å². The molecule has 6 heteroatoms. The third-order valence-corrected chi connectivity index (χ3v) is 3.52. The van der Waals surface area contributed by atoms with Crippen LogP contribution in [0.25, 0.3) is 0 Å². The van der Waals surface area contributed by atoms with Gasteiger partial charge in [0.25, 0.3) is 0 Å². The first-order valence-electron chi connectivity index (χ1n) is 6.42. The van der Waals surface area contributed by atoms with E-state index in [0.29, 0.717) is 17.4 Å². The van der Waals surface area contributed by atoms with Gasteiger partial charge in [-0.2, -0.15) is 13.2 Å². The van der Waals surface area contributed by atoms with Crippen molar-refractivity contribution in [3.63, 3.8) is 0 Å². The van der Waals surface area contributed by atoms with E-state index in [0.717, 1.165) is 32.0 Å². The number of rotatable bonds is 2. The van der Waals surface area contributed by atoms with E-state index in [-0.39, 0.29) is 0 Å². The van der Waals surface area contributed by atoms with Crippen LogP contribution in [-0.4, -0.2) is 25.1 Å². The minimum atomic E-state index is -4.40. The highest BCUT2D eigenvalue weighted by Gasteiger charge is 2.33. The topological polar surface area (TPSA) is 28.2 Å². The summed E-state index contributed by atoms with van der Waals surface area (Å²) < 4.78 is 38.2. The maximum absolute atomic E-state index is 12.7. The minimum absolute atomic E-state index is 0.407. The number of piperidine rings is 1. The predicted molar refractivity (Wildman–Crippen MR) is 69.4 cm³/mol. The van der Waals surface area contributed by atoms with Crippen LogP contribution in [0.5, 0.6) is 0 Å². The summed E-state index contributed by atoms with van der Waals surface area (Å²) in [6.45, 7) is 3.67. The van der Waals surface area contributed by atoms with E-state index in [1.165, 1.54) is 6.07 Å². The van der Waals surface area contributed by atoms with Crippen molar-refractivity contribution in [1.82, 2.24) is 4.98 Å². The lowest BCUT2D eigenvalue weighted by atomic mass is 9.99. The van der Waals surface area contributed by atoms with E-state index >= 15 is 0 Å². The molecule has 0 atom stereocenters. The van der Waals surface area contributed by atoms with Gasteiger partial charge in [0.1, 0.15) is 5.69 Å². The zero-order chi connectivity index (χ0) is 14.0. The molecule has 0 spiro atoms. The quantitative estimate of drug-likeness (QED) is 0.895. The summed E-state index contributed by atoms with van der Waals surface area (Å²) in [7, 11) is 1.69. The van der Waals surface area contributed by atoms with Gasteiger partial charge in [-0.15, -0.1) is 0 Å². The Morgan fingerprint density at radius 2 is 1.89 bits per heavy atom. The van der Waals surface area contributed by atoms with Gasteiger partial charge in [-0.1, -0.05) is 6.92 Å². The van der Waals surface area contributed by atoms with E-state index in [9.17, 15) is 13.2 Å². The largest absolute Gasteiger partial charge is 0.433 e. The summed E-state index contributed by atoms with van der Waals surface area (Å²) in [6.07, 6.45) is -2.42. The Bertz CT molecular complexity index is 437. The van der Waals surface area contributed by atoms with Crippen molar-refractivity contribution in [2.75, 3.05) is 30.4 Å². The second kappa shape index (κ2) is 5.27. The molecule has 19 heavy (non-hydrogen) atoms. The molecule has 3 nitrogen and oxygen atoms in total. The Kier molecular flexibility index (Phi) is 3.87. The van der Waals surface area contributed by atoms with Crippen LogP contribution >= 0.6 is 0 Å². The average molecular weight is 273 g/mol. The highest BCUT2D eigenvalue weighted by atomic mass is 19.4. The molecule has 0 radical (unpaired) electrons. The van der Waals surface area contributed by atoms with Crippen LogP contribution in [0.3, 0.4) is 0 Å². The number of anilines is 2. The van der Waals surface area contributed by atoms with Gasteiger partial charge in [0, 0.05) is 20.1 Å². The molecular weight excluding hydrogens is 255 g/mol. The number of hydrogen-bond acceptors (Lipinski definition) is 3. The van der Waals surface area contributed by atoms with E-state index in [2.05, 4.69) is 17.2 Å². The maximum Gasteiger partial charge on any atom is 0.433 e. The molecular formula is C13H18F3N3. The van der Waals surface area contributed by atoms with Crippen LogP contribution in [-0.2, 0) is 6.18 Å². The molecule has 106 valence electrons. The lowest BCUT2D eigenvalue weighted by Crippen LogP contribution is -2.34. The summed E-state index contributed by atoms with van der Waals surface area (Å²) in [5.74, 6) is 1.03. The van der Waals surface area contributed by atoms with Crippen LogP contribution < -0.4 is 10.2 Å². The molecule has 1 fully saturated rings. The number of halogens is 3. The number of nitrogens with zero attached hydrogens (tertiary/aromatic N) is 2. The Morgan fingerprint density at radius 1 is 1.26 bits per heavy atom. The lowest BCUT2D eigenvalue weighted by molar-refractivity contribution is -0.141. The van der Waals surface area contributed by atoms with Crippen molar-refractivity contribution in [3.05, 3.63) is 17.8 Å². The molecule has 1 aromatic heterocycles. The number of aromatic nitrogens is 1. The minimum Gasteiger partial charge on any atom is -0.385 e. The highest BCUT2D eigenvalue weighted by molar-refractivity contribution is 5.66. The second-order valence-corrected chi connectivity index (χ2v) is 4.98. The molecule has 1 N–H and O–H groups in total. The molecule has 1 aliphatic rings. The Labute approximate surface area is 110 Å². The van der Waals surface area contributed by atoms with Crippen molar-refractivity contribution in [1.29, 1.82) is 0 Å². The Balaban J connectivity index is 2.31.